The van der Waals surface area contributed by atoms with Crippen molar-refractivity contribution in [2.75, 3.05) is 5.32 Å². The monoisotopic (exact) mass is 448 g/mol. The quantitative estimate of drug-likeness (QED) is 0.557. The van der Waals surface area contributed by atoms with E-state index in [1.165, 1.54) is 24.3 Å². The molecule has 0 saturated carbocycles. The number of carbonyl (C=O) groups is 1. The van der Waals surface area contributed by atoms with Crippen LogP contribution in [0.25, 0.3) is 0 Å². The number of benzene rings is 3. The third kappa shape index (κ3) is 5.81. The number of hydrogen-bond acceptors (Lipinski definition) is 3. The SMILES string of the molecule is O=C(Nc1ccccc1Cl)[C@H](Cc1ccccc1)NS(=O)(=O)c1ccc(Cl)cc1. The predicted molar refractivity (Wildman–Crippen MR) is 116 cm³/mol. The van der Waals surface area contributed by atoms with Crippen molar-refractivity contribution < 1.29 is 13.2 Å². The third-order valence-electron chi connectivity index (χ3n) is 4.15. The Morgan fingerprint density at radius 2 is 1.48 bits per heavy atom. The van der Waals surface area contributed by atoms with E-state index in [4.69, 9.17) is 23.2 Å². The first-order chi connectivity index (χ1) is 13.8. The molecule has 150 valence electrons. The summed E-state index contributed by atoms with van der Waals surface area (Å²) in [5, 5.41) is 3.47. The molecule has 0 aliphatic rings. The Labute approximate surface area is 179 Å². The smallest absolute Gasteiger partial charge is 0.242 e. The van der Waals surface area contributed by atoms with Gasteiger partial charge in [0.25, 0.3) is 0 Å². The molecule has 1 atom stereocenters. The van der Waals surface area contributed by atoms with Crippen LogP contribution in [0.2, 0.25) is 10.0 Å². The second-order valence-corrected chi connectivity index (χ2v) is 8.84. The second kappa shape index (κ2) is 9.41. The highest BCUT2D eigenvalue weighted by Gasteiger charge is 2.26. The van der Waals surface area contributed by atoms with Crippen LogP contribution in [0, 0.1) is 0 Å². The van der Waals surface area contributed by atoms with Crippen molar-refractivity contribution >= 4 is 44.8 Å². The fraction of sp³-hybridized carbons (Fsp3) is 0.0952. The molecule has 8 heteroatoms. The summed E-state index contributed by atoms with van der Waals surface area (Å²) >= 11 is 11.9. The number of carbonyl (C=O) groups excluding carboxylic acids is 1. The lowest BCUT2D eigenvalue weighted by atomic mass is 10.1. The van der Waals surface area contributed by atoms with Gasteiger partial charge in [-0.1, -0.05) is 65.7 Å². The van der Waals surface area contributed by atoms with E-state index in [2.05, 4.69) is 10.0 Å². The average molecular weight is 449 g/mol. The van der Waals surface area contributed by atoms with E-state index < -0.39 is 22.0 Å². The van der Waals surface area contributed by atoms with Gasteiger partial charge in [-0.2, -0.15) is 4.72 Å². The van der Waals surface area contributed by atoms with Crippen LogP contribution in [-0.2, 0) is 21.2 Å². The van der Waals surface area contributed by atoms with E-state index in [0.717, 1.165) is 5.56 Å². The molecule has 0 unspecified atom stereocenters. The molecule has 0 spiro atoms. The molecule has 3 rings (SSSR count). The zero-order valence-corrected chi connectivity index (χ0v) is 17.5. The Morgan fingerprint density at radius 3 is 2.14 bits per heavy atom. The van der Waals surface area contributed by atoms with Crippen molar-refractivity contribution in [2.45, 2.75) is 17.4 Å². The number of para-hydroxylation sites is 1. The van der Waals surface area contributed by atoms with E-state index in [1.807, 2.05) is 30.3 Å². The average Bonchev–Trinajstić information content (AvgIpc) is 2.70. The highest BCUT2D eigenvalue weighted by Crippen LogP contribution is 2.21. The number of amides is 1. The Balaban J connectivity index is 1.87. The molecule has 1 amide bonds. The molecule has 0 radical (unpaired) electrons. The molecule has 0 bridgehead atoms. The molecule has 0 heterocycles. The summed E-state index contributed by atoms with van der Waals surface area (Å²) in [5.74, 6) is -0.514. The Hall–Kier alpha value is -2.38. The molecule has 0 saturated heterocycles. The van der Waals surface area contributed by atoms with E-state index in [9.17, 15) is 13.2 Å². The van der Waals surface area contributed by atoms with Gasteiger partial charge >= 0.3 is 0 Å². The summed E-state index contributed by atoms with van der Waals surface area (Å²) in [4.78, 5) is 12.9. The highest BCUT2D eigenvalue weighted by atomic mass is 35.5. The number of halogens is 2. The van der Waals surface area contributed by atoms with Gasteiger partial charge in [-0.05, 0) is 48.4 Å². The standard InChI is InChI=1S/C21H18Cl2N2O3S/c22-16-10-12-17(13-11-16)29(27,28)25-20(14-15-6-2-1-3-7-15)21(26)24-19-9-5-4-8-18(19)23/h1-13,20,25H,14H2,(H,24,26)/t20-/m0/s1. The van der Waals surface area contributed by atoms with Crippen molar-refractivity contribution in [1.29, 1.82) is 0 Å². The van der Waals surface area contributed by atoms with Crippen LogP contribution >= 0.6 is 23.2 Å². The molecular weight excluding hydrogens is 431 g/mol. The molecule has 0 fully saturated rings. The summed E-state index contributed by atoms with van der Waals surface area (Å²) in [5.41, 5.74) is 1.22. The minimum Gasteiger partial charge on any atom is -0.323 e. The predicted octanol–water partition coefficient (Wildman–Crippen LogP) is 4.52. The van der Waals surface area contributed by atoms with E-state index >= 15 is 0 Å². The van der Waals surface area contributed by atoms with Gasteiger partial charge in [0.1, 0.15) is 6.04 Å². The normalized spacial score (nSPS) is 12.3. The van der Waals surface area contributed by atoms with Crippen LogP contribution in [0.3, 0.4) is 0 Å². The first kappa shape index (κ1) is 21.3. The largest absolute Gasteiger partial charge is 0.323 e. The van der Waals surface area contributed by atoms with Crippen molar-refractivity contribution in [3.63, 3.8) is 0 Å². The molecule has 0 aromatic heterocycles. The first-order valence-electron chi connectivity index (χ1n) is 8.72. The zero-order valence-electron chi connectivity index (χ0n) is 15.2. The van der Waals surface area contributed by atoms with Gasteiger partial charge in [-0.25, -0.2) is 8.42 Å². The number of nitrogens with one attached hydrogen (secondary N) is 2. The third-order valence-corrected chi connectivity index (χ3v) is 6.22. The fourth-order valence-corrected chi connectivity index (χ4v) is 4.19. The van der Waals surface area contributed by atoms with Gasteiger partial charge in [0, 0.05) is 5.02 Å². The van der Waals surface area contributed by atoms with Crippen LogP contribution < -0.4 is 10.0 Å². The molecule has 29 heavy (non-hydrogen) atoms. The summed E-state index contributed by atoms with van der Waals surface area (Å²) in [6.07, 6.45) is 0.171. The maximum Gasteiger partial charge on any atom is 0.242 e. The molecule has 3 aromatic carbocycles. The molecule has 5 nitrogen and oxygen atoms in total. The molecule has 0 aliphatic heterocycles. The van der Waals surface area contributed by atoms with Crippen LogP contribution in [0.15, 0.2) is 83.8 Å². The van der Waals surface area contributed by atoms with Gasteiger partial charge in [-0.3, -0.25) is 4.79 Å². The number of rotatable bonds is 7. The van der Waals surface area contributed by atoms with Crippen molar-refractivity contribution in [2.24, 2.45) is 0 Å². The summed E-state index contributed by atoms with van der Waals surface area (Å²) in [6, 6.07) is 20.6. The van der Waals surface area contributed by atoms with Crippen LogP contribution in [0.1, 0.15) is 5.56 Å². The summed E-state index contributed by atoms with van der Waals surface area (Å²) in [7, 11) is -3.95. The highest BCUT2D eigenvalue weighted by molar-refractivity contribution is 7.89. The molecule has 3 aromatic rings. The van der Waals surface area contributed by atoms with Crippen molar-refractivity contribution in [1.82, 2.24) is 4.72 Å². The van der Waals surface area contributed by atoms with Gasteiger partial charge in [0.05, 0.1) is 15.6 Å². The maximum absolute atomic E-state index is 12.9. The Bertz CT molecular complexity index is 1090. The van der Waals surface area contributed by atoms with E-state index in [0.29, 0.717) is 15.7 Å². The van der Waals surface area contributed by atoms with Gasteiger partial charge < -0.3 is 5.32 Å². The zero-order chi connectivity index (χ0) is 20.9. The topological polar surface area (TPSA) is 75.3 Å². The van der Waals surface area contributed by atoms with Gasteiger partial charge in [-0.15, -0.1) is 0 Å². The first-order valence-corrected chi connectivity index (χ1v) is 11.0. The summed E-state index contributed by atoms with van der Waals surface area (Å²) in [6.45, 7) is 0. The van der Waals surface area contributed by atoms with Crippen molar-refractivity contribution in [3.05, 3.63) is 94.5 Å². The fourth-order valence-electron chi connectivity index (χ4n) is 2.69. The minimum atomic E-state index is -3.95. The van der Waals surface area contributed by atoms with E-state index in [-0.39, 0.29) is 11.3 Å². The summed E-state index contributed by atoms with van der Waals surface area (Å²) < 4.78 is 28.1. The Morgan fingerprint density at radius 1 is 0.862 bits per heavy atom. The lowest BCUT2D eigenvalue weighted by Gasteiger charge is -2.19. The second-order valence-electron chi connectivity index (χ2n) is 6.29. The van der Waals surface area contributed by atoms with Crippen molar-refractivity contribution in [3.8, 4) is 0 Å². The maximum atomic E-state index is 12.9. The number of sulfonamides is 1. The lowest BCUT2D eigenvalue weighted by Crippen LogP contribution is -2.45. The molecular formula is C21H18Cl2N2O3S. The van der Waals surface area contributed by atoms with Crippen LogP contribution in [0.5, 0.6) is 0 Å². The minimum absolute atomic E-state index is 0.0190. The molecule has 0 aliphatic carbocycles. The Kier molecular flexibility index (Phi) is 6.92. The lowest BCUT2D eigenvalue weighted by molar-refractivity contribution is -0.117. The van der Waals surface area contributed by atoms with Crippen LogP contribution in [0.4, 0.5) is 5.69 Å². The number of anilines is 1. The number of hydrogen-bond donors (Lipinski definition) is 2. The van der Waals surface area contributed by atoms with Crippen LogP contribution in [-0.4, -0.2) is 20.4 Å². The molecule has 2 N–H and O–H groups in total. The van der Waals surface area contributed by atoms with E-state index in [1.54, 1.807) is 24.3 Å². The van der Waals surface area contributed by atoms with Gasteiger partial charge in [0.2, 0.25) is 15.9 Å². The van der Waals surface area contributed by atoms with Gasteiger partial charge in [0.15, 0.2) is 0 Å².